The van der Waals surface area contributed by atoms with Crippen LogP contribution in [0.15, 0.2) is 0 Å². The van der Waals surface area contributed by atoms with Crippen LogP contribution in [-0.4, -0.2) is 39.1 Å². The Balaban J connectivity index is 0. The molecule has 0 radical (unpaired) electrons. The Morgan fingerprint density at radius 3 is 1.89 bits per heavy atom. The van der Waals surface area contributed by atoms with Crippen LogP contribution in [0.5, 0.6) is 0 Å². The third kappa shape index (κ3) is 20.2. The van der Waals surface area contributed by atoms with Crippen LogP contribution in [-0.2, 0) is 9.59 Å². The maximum atomic E-state index is 9.86. The topological polar surface area (TPSA) is 106 Å². The van der Waals surface area contributed by atoms with Crippen LogP contribution < -0.4 is 15.9 Å². The average Bonchev–Trinajstić information content (AvgIpc) is 2.36. The molecule has 0 aromatic carbocycles. The van der Waals surface area contributed by atoms with Gasteiger partial charge in [0.2, 0.25) is 0 Å². The smallest absolute Gasteiger partial charge is 0.0582 e. The molecule has 0 saturated carbocycles. The zero-order valence-corrected chi connectivity index (χ0v) is 14.8. The number of rotatable bonds is 10. The molecule has 0 aliphatic carbocycles. The standard InChI is InChI=1S/C5H9NO4.2C4H9.Sn/c6-3(5(9)10)1-2-4(7)8;2*1-3-4-2;/h3H,1-2,6H2,(H,7,8)(H,9,10);2*1,3-4H2,2H3;/q;;;+2/p-2. The Kier molecular flexibility index (Phi) is 17.4. The van der Waals surface area contributed by atoms with Crippen molar-refractivity contribution in [3.05, 3.63) is 0 Å². The molecule has 0 aromatic heterocycles. The second-order valence-electron chi connectivity index (χ2n) is 4.29. The summed E-state index contributed by atoms with van der Waals surface area (Å²) in [6.07, 6.45) is 5.34. The predicted octanol–water partition coefficient (Wildman–Crippen LogP) is -0.279. The minimum Gasteiger partial charge on any atom is -0.550 e. The van der Waals surface area contributed by atoms with Gasteiger partial charge < -0.3 is 25.5 Å². The minimum atomic E-state index is -1.44. The van der Waals surface area contributed by atoms with Crippen molar-refractivity contribution >= 4 is 33.1 Å². The molecule has 0 aliphatic heterocycles. The Morgan fingerprint density at radius 1 is 1.11 bits per heavy atom. The van der Waals surface area contributed by atoms with Crippen molar-refractivity contribution in [2.75, 3.05) is 0 Å². The summed E-state index contributed by atoms with van der Waals surface area (Å²) in [5, 5.41) is 19.6. The van der Waals surface area contributed by atoms with Crippen molar-refractivity contribution in [1.82, 2.24) is 0 Å². The summed E-state index contributed by atoms with van der Waals surface area (Å²) in [4.78, 5) is 19.6. The average molecular weight is 378 g/mol. The molecule has 0 bridgehead atoms. The van der Waals surface area contributed by atoms with Crippen molar-refractivity contribution in [3.63, 3.8) is 0 Å². The molecule has 0 heterocycles. The van der Waals surface area contributed by atoms with E-state index in [0.29, 0.717) is 0 Å². The fourth-order valence-corrected chi connectivity index (χ4v) is 5.28. The largest absolute Gasteiger partial charge is 0.550 e. The van der Waals surface area contributed by atoms with Crippen molar-refractivity contribution < 1.29 is 19.8 Å². The van der Waals surface area contributed by atoms with Crippen molar-refractivity contribution in [3.8, 4) is 0 Å². The first-order valence-electron chi connectivity index (χ1n) is 6.82. The van der Waals surface area contributed by atoms with E-state index in [2.05, 4.69) is 13.8 Å². The van der Waals surface area contributed by atoms with Gasteiger partial charge in [0.15, 0.2) is 0 Å². The monoisotopic (exact) mass is 379 g/mol. The van der Waals surface area contributed by atoms with Crippen molar-refractivity contribution in [2.24, 2.45) is 5.73 Å². The fourth-order valence-electron chi connectivity index (χ4n) is 1.12. The van der Waals surface area contributed by atoms with E-state index in [1.165, 1.54) is 25.7 Å². The Labute approximate surface area is 126 Å². The molecule has 6 heteroatoms. The predicted molar refractivity (Wildman–Crippen MR) is 72.4 cm³/mol. The SMILES string of the molecule is CCC[CH2][Sn+2][CH2]CCC.NC(CCC(=O)[O-])C(=O)[O-]. The Hall–Kier alpha value is -0.301. The van der Waals surface area contributed by atoms with Crippen LogP contribution in [0.3, 0.4) is 0 Å². The normalized spacial score (nSPS) is 10.9. The van der Waals surface area contributed by atoms with Gasteiger partial charge in [-0.1, -0.05) is 0 Å². The zero-order chi connectivity index (χ0) is 15.1. The Morgan fingerprint density at radius 2 is 1.58 bits per heavy atom. The maximum absolute atomic E-state index is 9.86. The summed E-state index contributed by atoms with van der Waals surface area (Å²) >= 11 is 0.149. The second-order valence-corrected chi connectivity index (χ2v) is 8.57. The van der Waals surface area contributed by atoms with E-state index < -0.39 is 18.0 Å². The number of carboxylic acid groups (broad SMARTS) is 2. The minimum absolute atomic E-state index is 0.148. The van der Waals surface area contributed by atoms with Gasteiger partial charge in [-0.05, 0) is 12.8 Å². The number of carbonyl (C=O) groups excluding carboxylic acids is 2. The van der Waals surface area contributed by atoms with Gasteiger partial charge in [-0.25, -0.2) is 0 Å². The molecule has 0 rings (SSSR count). The number of nitrogens with two attached hydrogens (primary N) is 1. The number of unbranched alkanes of at least 4 members (excludes halogenated alkanes) is 2. The molecule has 0 aliphatic rings. The molecular weight excluding hydrogens is 353 g/mol. The first-order valence-corrected chi connectivity index (χ1v) is 10.9. The molecule has 0 fully saturated rings. The van der Waals surface area contributed by atoms with Gasteiger partial charge in [0.1, 0.15) is 0 Å². The zero-order valence-electron chi connectivity index (χ0n) is 11.9. The molecule has 0 saturated heterocycles. The van der Waals surface area contributed by atoms with Gasteiger partial charge in [-0.2, -0.15) is 0 Å². The number of hydrogen-bond acceptors (Lipinski definition) is 5. The third-order valence-electron chi connectivity index (χ3n) is 2.38. The van der Waals surface area contributed by atoms with Gasteiger partial charge in [-0.15, -0.1) is 0 Å². The van der Waals surface area contributed by atoms with Crippen LogP contribution in [0, 0.1) is 0 Å². The number of carboxylic acids is 2. The van der Waals surface area contributed by atoms with Crippen LogP contribution in [0.25, 0.3) is 0 Å². The van der Waals surface area contributed by atoms with E-state index >= 15 is 0 Å². The van der Waals surface area contributed by atoms with Crippen LogP contribution in [0.2, 0.25) is 8.87 Å². The number of carbonyl (C=O) groups is 2. The summed E-state index contributed by atoms with van der Waals surface area (Å²) in [5.41, 5.74) is 4.91. The molecule has 0 aromatic rings. The fraction of sp³-hybridized carbons (Fsp3) is 0.846. The number of aliphatic carboxylic acids is 2. The molecular formula is C13H25NO4Sn. The summed E-state index contributed by atoms with van der Waals surface area (Å²) in [7, 11) is 0. The molecule has 110 valence electrons. The third-order valence-corrected chi connectivity index (χ3v) is 6.41. The van der Waals surface area contributed by atoms with Gasteiger partial charge in [-0.3, -0.25) is 0 Å². The van der Waals surface area contributed by atoms with Crippen LogP contribution in [0.1, 0.15) is 52.4 Å². The van der Waals surface area contributed by atoms with E-state index in [-0.39, 0.29) is 34.0 Å². The van der Waals surface area contributed by atoms with Gasteiger partial charge in [0.05, 0.1) is 5.97 Å². The van der Waals surface area contributed by atoms with Gasteiger partial charge in [0.25, 0.3) is 0 Å². The summed E-state index contributed by atoms with van der Waals surface area (Å²) in [6.45, 7) is 4.58. The molecule has 0 spiro atoms. The first-order chi connectivity index (χ1) is 8.95. The molecule has 1 unspecified atom stereocenters. The molecule has 2 N–H and O–H groups in total. The summed E-state index contributed by atoms with van der Waals surface area (Å²) in [5.74, 6) is -2.75. The van der Waals surface area contributed by atoms with Crippen molar-refractivity contribution in [1.29, 1.82) is 0 Å². The molecule has 1 atom stereocenters. The number of hydrogen-bond donors (Lipinski definition) is 1. The maximum Gasteiger partial charge on any atom is 0.0582 e. The van der Waals surface area contributed by atoms with Gasteiger partial charge >= 0.3 is 69.5 Å². The van der Waals surface area contributed by atoms with E-state index in [1.807, 2.05) is 0 Å². The van der Waals surface area contributed by atoms with E-state index in [4.69, 9.17) is 5.73 Å². The molecule has 5 nitrogen and oxygen atoms in total. The second kappa shape index (κ2) is 15.8. The van der Waals surface area contributed by atoms with Crippen LogP contribution >= 0.6 is 0 Å². The van der Waals surface area contributed by atoms with Gasteiger partial charge in [0, 0.05) is 12.0 Å². The van der Waals surface area contributed by atoms with Crippen molar-refractivity contribution in [2.45, 2.75) is 67.3 Å². The van der Waals surface area contributed by atoms with E-state index in [9.17, 15) is 19.8 Å². The molecule has 0 amide bonds. The summed E-state index contributed by atoms with van der Waals surface area (Å²) in [6, 6.07) is -1.21. The first kappa shape index (κ1) is 21.0. The molecule has 19 heavy (non-hydrogen) atoms. The Bertz CT molecular complexity index is 231. The van der Waals surface area contributed by atoms with E-state index in [0.717, 1.165) is 0 Å². The summed E-state index contributed by atoms with van der Waals surface area (Å²) < 4.78 is 3.25. The quantitative estimate of drug-likeness (QED) is 0.416. The van der Waals surface area contributed by atoms with E-state index in [1.54, 1.807) is 8.87 Å². The van der Waals surface area contributed by atoms with Crippen LogP contribution in [0.4, 0.5) is 0 Å².